The highest BCUT2D eigenvalue weighted by Crippen LogP contribution is 2.12. The van der Waals surface area contributed by atoms with Gasteiger partial charge < -0.3 is 15.4 Å². The molecule has 1 aromatic rings. The molecular formula is C12H20N2O2S. The van der Waals surface area contributed by atoms with E-state index in [0.29, 0.717) is 26.1 Å². The summed E-state index contributed by atoms with van der Waals surface area (Å²) in [6.07, 6.45) is 0.384. The van der Waals surface area contributed by atoms with Crippen LogP contribution in [0.3, 0.4) is 0 Å². The van der Waals surface area contributed by atoms with Gasteiger partial charge in [0.05, 0.1) is 13.2 Å². The van der Waals surface area contributed by atoms with Crippen molar-refractivity contribution in [3.8, 4) is 0 Å². The Balaban J connectivity index is 2.56. The number of nitrogens with zero attached hydrogens (tertiary/aromatic N) is 1. The average molecular weight is 256 g/mol. The van der Waals surface area contributed by atoms with Crippen LogP contribution in [0.15, 0.2) is 17.5 Å². The topological polar surface area (TPSA) is 55.6 Å². The summed E-state index contributed by atoms with van der Waals surface area (Å²) in [6.45, 7) is 3.65. The Morgan fingerprint density at radius 2 is 2.41 bits per heavy atom. The molecular weight excluding hydrogens is 236 g/mol. The highest BCUT2D eigenvalue weighted by Gasteiger charge is 2.15. The standard InChI is InChI=1S/C12H20N2O2S/c1-10(13)8-12(15)14(5-6-16-2)9-11-4-3-7-17-11/h3-4,7,10H,5-6,8-9,13H2,1-2H3. The first-order chi connectivity index (χ1) is 8.13. The first-order valence-corrected chi connectivity index (χ1v) is 6.56. The van der Waals surface area contributed by atoms with Gasteiger partial charge in [0.25, 0.3) is 0 Å². The fourth-order valence-corrected chi connectivity index (χ4v) is 2.21. The Bertz CT molecular complexity index is 325. The van der Waals surface area contributed by atoms with Crippen LogP contribution in [0.1, 0.15) is 18.2 Å². The van der Waals surface area contributed by atoms with Gasteiger partial charge in [-0.25, -0.2) is 0 Å². The Hall–Kier alpha value is -0.910. The normalized spacial score (nSPS) is 12.4. The van der Waals surface area contributed by atoms with Gasteiger partial charge >= 0.3 is 0 Å². The molecule has 1 atom stereocenters. The van der Waals surface area contributed by atoms with E-state index in [0.717, 1.165) is 0 Å². The number of methoxy groups -OCH3 is 1. The van der Waals surface area contributed by atoms with Gasteiger partial charge in [-0.05, 0) is 18.4 Å². The molecule has 2 N–H and O–H groups in total. The molecule has 0 saturated heterocycles. The van der Waals surface area contributed by atoms with Crippen LogP contribution >= 0.6 is 11.3 Å². The smallest absolute Gasteiger partial charge is 0.224 e. The molecule has 0 fully saturated rings. The highest BCUT2D eigenvalue weighted by molar-refractivity contribution is 7.09. The van der Waals surface area contributed by atoms with E-state index in [4.69, 9.17) is 10.5 Å². The van der Waals surface area contributed by atoms with Crippen molar-refractivity contribution >= 4 is 17.2 Å². The van der Waals surface area contributed by atoms with Crippen molar-refractivity contribution in [1.29, 1.82) is 0 Å². The number of hydrogen-bond acceptors (Lipinski definition) is 4. The van der Waals surface area contributed by atoms with Gasteiger partial charge in [0.15, 0.2) is 0 Å². The van der Waals surface area contributed by atoms with E-state index in [-0.39, 0.29) is 11.9 Å². The van der Waals surface area contributed by atoms with Crippen molar-refractivity contribution in [3.63, 3.8) is 0 Å². The van der Waals surface area contributed by atoms with Crippen LogP contribution < -0.4 is 5.73 Å². The Kier molecular flexibility index (Phi) is 6.18. The lowest BCUT2D eigenvalue weighted by Crippen LogP contribution is -2.36. The van der Waals surface area contributed by atoms with Crippen LogP contribution in [0.4, 0.5) is 0 Å². The number of carbonyl (C=O) groups is 1. The number of carbonyl (C=O) groups excluding carboxylic acids is 1. The summed E-state index contributed by atoms with van der Waals surface area (Å²) >= 11 is 1.66. The molecule has 5 heteroatoms. The van der Waals surface area contributed by atoms with Gasteiger partial charge in [-0.1, -0.05) is 6.07 Å². The Morgan fingerprint density at radius 3 is 2.94 bits per heavy atom. The van der Waals surface area contributed by atoms with Crippen LogP contribution in [-0.2, 0) is 16.1 Å². The lowest BCUT2D eigenvalue weighted by atomic mass is 10.2. The summed E-state index contributed by atoms with van der Waals surface area (Å²) in [5.41, 5.74) is 5.66. The Morgan fingerprint density at radius 1 is 1.65 bits per heavy atom. The molecule has 0 saturated carbocycles. The van der Waals surface area contributed by atoms with Gasteiger partial charge in [-0.3, -0.25) is 4.79 Å². The number of ether oxygens (including phenoxy) is 1. The van der Waals surface area contributed by atoms with Crippen molar-refractivity contribution in [3.05, 3.63) is 22.4 Å². The molecule has 0 bridgehead atoms. The van der Waals surface area contributed by atoms with Crippen molar-refractivity contribution in [2.24, 2.45) is 5.73 Å². The minimum Gasteiger partial charge on any atom is -0.383 e. The summed E-state index contributed by atoms with van der Waals surface area (Å²) in [7, 11) is 1.64. The predicted molar refractivity (Wildman–Crippen MR) is 69.9 cm³/mol. The predicted octanol–water partition coefficient (Wildman–Crippen LogP) is 1.46. The molecule has 96 valence electrons. The third kappa shape index (κ3) is 5.30. The third-order valence-electron chi connectivity index (χ3n) is 2.34. The SMILES string of the molecule is COCCN(Cc1cccs1)C(=O)CC(C)N. The zero-order valence-corrected chi connectivity index (χ0v) is 11.2. The van der Waals surface area contributed by atoms with Crippen molar-refractivity contribution in [1.82, 2.24) is 4.90 Å². The minimum atomic E-state index is -0.101. The molecule has 1 aromatic heterocycles. The van der Waals surface area contributed by atoms with Crippen molar-refractivity contribution in [2.45, 2.75) is 25.9 Å². The van der Waals surface area contributed by atoms with E-state index in [1.165, 1.54) is 4.88 Å². The Labute approximate surface area is 106 Å². The largest absolute Gasteiger partial charge is 0.383 e. The molecule has 0 spiro atoms. The van der Waals surface area contributed by atoms with Crippen LogP contribution in [0.2, 0.25) is 0 Å². The number of hydrogen-bond donors (Lipinski definition) is 1. The molecule has 0 aliphatic heterocycles. The molecule has 1 amide bonds. The second-order valence-electron chi connectivity index (χ2n) is 4.07. The van der Waals surface area contributed by atoms with Gasteiger partial charge in [-0.2, -0.15) is 0 Å². The zero-order chi connectivity index (χ0) is 12.7. The molecule has 17 heavy (non-hydrogen) atoms. The molecule has 1 rings (SSSR count). The summed E-state index contributed by atoms with van der Waals surface area (Å²) < 4.78 is 5.02. The van der Waals surface area contributed by atoms with Crippen LogP contribution in [-0.4, -0.2) is 37.1 Å². The summed E-state index contributed by atoms with van der Waals surface area (Å²) in [5, 5.41) is 2.01. The van der Waals surface area contributed by atoms with Crippen molar-refractivity contribution < 1.29 is 9.53 Å². The number of amides is 1. The van der Waals surface area contributed by atoms with E-state index in [2.05, 4.69) is 0 Å². The summed E-state index contributed by atoms with van der Waals surface area (Å²) in [5.74, 6) is 0.0884. The fraction of sp³-hybridized carbons (Fsp3) is 0.583. The quantitative estimate of drug-likeness (QED) is 0.803. The van der Waals surface area contributed by atoms with Crippen LogP contribution in [0, 0.1) is 0 Å². The molecule has 0 aliphatic carbocycles. The first kappa shape index (κ1) is 14.2. The van der Waals surface area contributed by atoms with Gasteiger partial charge in [0, 0.05) is 31.0 Å². The third-order valence-corrected chi connectivity index (χ3v) is 3.20. The molecule has 1 unspecified atom stereocenters. The minimum absolute atomic E-state index is 0.0884. The first-order valence-electron chi connectivity index (χ1n) is 5.68. The fourth-order valence-electron chi connectivity index (χ4n) is 1.49. The summed E-state index contributed by atoms with van der Waals surface area (Å²) in [6, 6.07) is 3.92. The second-order valence-corrected chi connectivity index (χ2v) is 5.10. The van der Waals surface area contributed by atoms with Gasteiger partial charge in [-0.15, -0.1) is 11.3 Å². The molecule has 4 nitrogen and oxygen atoms in total. The van der Waals surface area contributed by atoms with Gasteiger partial charge in [0.2, 0.25) is 5.91 Å². The highest BCUT2D eigenvalue weighted by atomic mass is 32.1. The molecule has 0 radical (unpaired) electrons. The lowest BCUT2D eigenvalue weighted by Gasteiger charge is -2.22. The second kappa shape index (κ2) is 7.42. The maximum absolute atomic E-state index is 12.0. The van der Waals surface area contributed by atoms with Crippen LogP contribution in [0.25, 0.3) is 0 Å². The van der Waals surface area contributed by atoms with Crippen LogP contribution in [0.5, 0.6) is 0 Å². The van der Waals surface area contributed by atoms with E-state index in [9.17, 15) is 4.79 Å². The summed E-state index contributed by atoms with van der Waals surface area (Å²) in [4.78, 5) is 15.0. The maximum Gasteiger partial charge on any atom is 0.224 e. The van der Waals surface area contributed by atoms with E-state index >= 15 is 0 Å². The molecule has 0 aromatic carbocycles. The zero-order valence-electron chi connectivity index (χ0n) is 10.4. The number of rotatable bonds is 7. The number of thiophene rings is 1. The average Bonchev–Trinajstić information content (AvgIpc) is 2.75. The lowest BCUT2D eigenvalue weighted by molar-refractivity contribution is -0.132. The number of nitrogens with two attached hydrogens (primary N) is 1. The van der Waals surface area contributed by atoms with Crippen molar-refractivity contribution in [2.75, 3.05) is 20.3 Å². The van der Waals surface area contributed by atoms with Gasteiger partial charge in [0.1, 0.15) is 0 Å². The van der Waals surface area contributed by atoms with E-state index in [1.54, 1.807) is 23.3 Å². The van der Waals surface area contributed by atoms with E-state index < -0.39 is 0 Å². The van der Waals surface area contributed by atoms with E-state index in [1.807, 2.05) is 24.4 Å². The monoisotopic (exact) mass is 256 g/mol. The maximum atomic E-state index is 12.0. The molecule has 0 aliphatic rings. The molecule has 1 heterocycles.